The molecule has 0 aliphatic heterocycles. The Hall–Kier alpha value is -2.28. The van der Waals surface area contributed by atoms with E-state index in [-0.39, 0.29) is 11.7 Å². The van der Waals surface area contributed by atoms with Crippen LogP contribution in [0.2, 0.25) is 0 Å². The van der Waals surface area contributed by atoms with Gasteiger partial charge in [-0.05, 0) is 12.0 Å². The average Bonchev–Trinajstić information content (AvgIpc) is 3.01. The van der Waals surface area contributed by atoms with E-state index in [1.54, 1.807) is 6.20 Å². The molecular formula is C15H18N4O2S. The number of imide groups is 1. The Morgan fingerprint density at radius 3 is 2.77 bits per heavy atom. The highest BCUT2D eigenvalue weighted by atomic mass is 32.2. The van der Waals surface area contributed by atoms with Gasteiger partial charge < -0.3 is 10.3 Å². The topological polar surface area (TPSA) is 86.9 Å². The van der Waals surface area contributed by atoms with Crippen LogP contribution in [0.4, 0.5) is 4.79 Å². The number of hydrogen-bond donors (Lipinski definition) is 3. The van der Waals surface area contributed by atoms with E-state index in [0.29, 0.717) is 11.7 Å². The van der Waals surface area contributed by atoms with Crippen LogP contribution < -0.4 is 10.6 Å². The summed E-state index contributed by atoms with van der Waals surface area (Å²) in [4.78, 5) is 30.3. The summed E-state index contributed by atoms with van der Waals surface area (Å²) in [7, 11) is 0. The van der Waals surface area contributed by atoms with Gasteiger partial charge in [-0.25, -0.2) is 9.78 Å². The minimum absolute atomic E-state index is 0.126. The van der Waals surface area contributed by atoms with Crippen molar-refractivity contribution in [1.29, 1.82) is 0 Å². The molecule has 1 heterocycles. The van der Waals surface area contributed by atoms with Gasteiger partial charge in [-0.3, -0.25) is 10.1 Å². The van der Waals surface area contributed by atoms with Crippen molar-refractivity contribution in [3.63, 3.8) is 0 Å². The maximum Gasteiger partial charge on any atom is 0.321 e. The number of benzene rings is 1. The predicted octanol–water partition coefficient (Wildman–Crippen LogP) is 2.40. The lowest BCUT2D eigenvalue weighted by Crippen LogP contribution is -2.40. The third-order valence-corrected chi connectivity index (χ3v) is 3.65. The number of imidazole rings is 1. The van der Waals surface area contributed by atoms with Gasteiger partial charge in [0.2, 0.25) is 5.91 Å². The molecule has 2 aromatic rings. The maximum absolute atomic E-state index is 11.6. The SMILES string of the molecule is CCCNC(=O)NC(=O)CSc1ncc(-c2ccccc2)[nH]1. The van der Waals surface area contributed by atoms with Crippen LogP contribution in [0.1, 0.15) is 13.3 Å². The lowest BCUT2D eigenvalue weighted by atomic mass is 10.2. The summed E-state index contributed by atoms with van der Waals surface area (Å²) in [5.74, 6) is -0.224. The normalized spacial score (nSPS) is 10.2. The van der Waals surface area contributed by atoms with Crippen molar-refractivity contribution in [3.8, 4) is 11.3 Å². The molecule has 0 spiro atoms. The predicted molar refractivity (Wildman–Crippen MR) is 86.6 cm³/mol. The molecule has 0 unspecified atom stereocenters. The number of hydrogen-bond acceptors (Lipinski definition) is 4. The Morgan fingerprint density at radius 2 is 2.05 bits per heavy atom. The van der Waals surface area contributed by atoms with Crippen molar-refractivity contribution >= 4 is 23.7 Å². The number of H-pyrrole nitrogens is 1. The van der Waals surface area contributed by atoms with Crippen molar-refractivity contribution in [3.05, 3.63) is 36.5 Å². The number of aromatic amines is 1. The molecule has 0 atom stereocenters. The summed E-state index contributed by atoms with van der Waals surface area (Å²) >= 11 is 1.25. The second-order valence-corrected chi connectivity index (χ2v) is 5.52. The number of aromatic nitrogens is 2. The quantitative estimate of drug-likeness (QED) is 0.714. The van der Waals surface area contributed by atoms with Crippen LogP contribution in [0.3, 0.4) is 0 Å². The zero-order valence-corrected chi connectivity index (χ0v) is 13.1. The molecular weight excluding hydrogens is 300 g/mol. The Labute approximate surface area is 133 Å². The van der Waals surface area contributed by atoms with Gasteiger partial charge in [0.15, 0.2) is 5.16 Å². The Balaban J connectivity index is 1.81. The second kappa shape index (κ2) is 8.23. The van der Waals surface area contributed by atoms with Gasteiger partial charge in [0.25, 0.3) is 0 Å². The molecule has 1 aromatic carbocycles. The van der Waals surface area contributed by atoms with Gasteiger partial charge in [0.1, 0.15) is 0 Å². The minimum Gasteiger partial charge on any atom is -0.338 e. The first-order valence-electron chi connectivity index (χ1n) is 7.00. The summed E-state index contributed by atoms with van der Waals surface area (Å²) in [5, 5.41) is 5.50. The smallest absolute Gasteiger partial charge is 0.321 e. The molecule has 6 nitrogen and oxygen atoms in total. The summed E-state index contributed by atoms with van der Waals surface area (Å²) < 4.78 is 0. The van der Waals surface area contributed by atoms with E-state index >= 15 is 0 Å². The van der Waals surface area contributed by atoms with Crippen LogP contribution in [0.5, 0.6) is 0 Å². The third kappa shape index (κ3) is 4.92. The van der Waals surface area contributed by atoms with E-state index in [1.807, 2.05) is 37.3 Å². The average molecular weight is 318 g/mol. The molecule has 3 amide bonds. The van der Waals surface area contributed by atoms with Crippen LogP contribution in [-0.2, 0) is 4.79 Å². The molecule has 0 aliphatic rings. The summed E-state index contributed by atoms with van der Waals surface area (Å²) in [6.07, 6.45) is 2.55. The van der Waals surface area contributed by atoms with Gasteiger partial charge >= 0.3 is 6.03 Å². The standard InChI is InChI=1S/C15H18N4O2S/c1-2-8-16-14(21)19-13(20)10-22-15-17-9-12(18-15)11-6-4-3-5-7-11/h3-7,9H,2,8,10H2,1H3,(H,17,18)(H2,16,19,20,21). The largest absolute Gasteiger partial charge is 0.338 e. The van der Waals surface area contributed by atoms with Crippen LogP contribution in [-0.4, -0.2) is 34.2 Å². The van der Waals surface area contributed by atoms with Crippen molar-refractivity contribution in [2.45, 2.75) is 18.5 Å². The Kier molecular flexibility index (Phi) is 6.02. The second-order valence-electron chi connectivity index (χ2n) is 4.56. The molecule has 116 valence electrons. The van der Waals surface area contributed by atoms with E-state index in [1.165, 1.54) is 11.8 Å². The van der Waals surface area contributed by atoms with E-state index in [4.69, 9.17) is 0 Å². The molecule has 7 heteroatoms. The lowest BCUT2D eigenvalue weighted by molar-refractivity contribution is -0.117. The highest BCUT2D eigenvalue weighted by Crippen LogP contribution is 2.20. The summed E-state index contributed by atoms with van der Waals surface area (Å²) in [5.41, 5.74) is 1.93. The molecule has 0 saturated carbocycles. The Bertz CT molecular complexity index is 627. The van der Waals surface area contributed by atoms with Crippen LogP contribution >= 0.6 is 11.8 Å². The first-order valence-corrected chi connectivity index (χ1v) is 7.98. The fraction of sp³-hybridized carbons (Fsp3) is 0.267. The molecule has 0 fully saturated rings. The molecule has 2 rings (SSSR count). The Morgan fingerprint density at radius 1 is 1.27 bits per heavy atom. The van der Waals surface area contributed by atoms with Gasteiger partial charge in [0, 0.05) is 6.54 Å². The number of carbonyl (C=O) groups is 2. The highest BCUT2D eigenvalue weighted by Gasteiger charge is 2.09. The molecule has 0 saturated heterocycles. The van der Waals surface area contributed by atoms with E-state index in [2.05, 4.69) is 20.6 Å². The fourth-order valence-corrected chi connectivity index (χ4v) is 2.37. The molecule has 0 radical (unpaired) electrons. The molecule has 3 N–H and O–H groups in total. The van der Waals surface area contributed by atoms with Crippen LogP contribution in [0, 0.1) is 0 Å². The van der Waals surface area contributed by atoms with Gasteiger partial charge in [-0.1, -0.05) is 49.0 Å². The number of rotatable bonds is 6. The van der Waals surface area contributed by atoms with Gasteiger partial charge in [-0.2, -0.15) is 0 Å². The summed E-state index contributed by atoms with van der Waals surface area (Å²) in [6.45, 7) is 2.49. The zero-order chi connectivity index (χ0) is 15.8. The van der Waals surface area contributed by atoms with Crippen LogP contribution in [0.25, 0.3) is 11.3 Å². The maximum atomic E-state index is 11.6. The zero-order valence-electron chi connectivity index (χ0n) is 12.3. The molecule has 0 bridgehead atoms. The fourth-order valence-electron chi connectivity index (χ4n) is 1.72. The van der Waals surface area contributed by atoms with Crippen molar-refractivity contribution in [2.75, 3.05) is 12.3 Å². The van der Waals surface area contributed by atoms with Gasteiger partial charge in [0.05, 0.1) is 17.6 Å². The van der Waals surface area contributed by atoms with Crippen LogP contribution in [0.15, 0.2) is 41.7 Å². The van der Waals surface area contributed by atoms with Crippen molar-refractivity contribution in [1.82, 2.24) is 20.6 Å². The molecule has 0 aliphatic carbocycles. The van der Waals surface area contributed by atoms with Crippen molar-refractivity contribution in [2.24, 2.45) is 0 Å². The first kappa shape index (κ1) is 16.1. The monoisotopic (exact) mass is 318 g/mol. The molecule has 22 heavy (non-hydrogen) atoms. The number of nitrogens with one attached hydrogen (secondary N) is 3. The number of nitrogens with zero attached hydrogens (tertiary/aromatic N) is 1. The molecule has 1 aromatic heterocycles. The van der Waals surface area contributed by atoms with Crippen molar-refractivity contribution < 1.29 is 9.59 Å². The highest BCUT2D eigenvalue weighted by molar-refractivity contribution is 7.99. The number of thioether (sulfide) groups is 1. The number of urea groups is 1. The first-order chi connectivity index (χ1) is 10.7. The number of amides is 3. The number of carbonyl (C=O) groups excluding carboxylic acids is 2. The minimum atomic E-state index is -0.461. The summed E-state index contributed by atoms with van der Waals surface area (Å²) in [6, 6.07) is 9.34. The van der Waals surface area contributed by atoms with E-state index < -0.39 is 6.03 Å². The van der Waals surface area contributed by atoms with E-state index in [0.717, 1.165) is 17.7 Å². The van der Waals surface area contributed by atoms with E-state index in [9.17, 15) is 9.59 Å². The van der Waals surface area contributed by atoms with Gasteiger partial charge in [-0.15, -0.1) is 0 Å². The third-order valence-electron chi connectivity index (χ3n) is 2.77. The lowest BCUT2D eigenvalue weighted by Gasteiger charge is -2.04.